The number of likely N-dealkylation sites (N-methyl/N-ethyl adjacent to an activating group) is 1. The summed E-state index contributed by atoms with van der Waals surface area (Å²) in [6.45, 7) is 2.86. The smallest absolute Gasteiger partial charge is 0.125 e. The second-order valence-corrected chi connectivity index (χ2v) is 5.79. The summed E-state index contributed by atoms with van der Waals surface area (Å²) < 4.78 is 11.3. The zero-order valence-electron chi connectivity index (χ0n) is 12.4. The number of benzene rings is 1. The van der Waals surface area contributed by atoms with Gasteiger partial charge in [-0.2, -0.15) is 0 Å². The minimum Gasteiger partial charge on any atom is -0.493 e. The maximum atomic E-state index is 6.24. The molecule has 3 nitrogen and oxygen atoms in total. The minimum atomic E-state index is 0.200. The molecule has 1 N–H and O–H groups in total. The van der Waals surface area contributed by atoms with Crippen LogP contribution in [0.15, 0.2) is 28.9 Å². The van der Waals surface area contributed by atoms with Gasteiger partial charge in [0.1, 0.15) is 11.5 Å². The van der Waals surface area contributed by atoms with E-state index in [1.807, 2.05) is 25.2 Å². The summed E-state index contributed by atoms with van der Waals surface area (Å²) in [4.78, 5) is 0. The van der Waals surface area contributed by atoms with Crippen molar-refractivity contribution in [3.8, 4) is 5.75 Å². The third kappa shape index (κ3) is 2.81. The van der Waals surface area contributed by atoms with Gasteiger partial charge in [0.2, 0.25) is 0 Å². The van der Waals surface area contributed by atoms with Crippen LogP contribution in [0.4, 0.5) is 0 Å². The second-order valence-electron chi connectivity index (χ2n) is 5.35. The standard InChI is InChI=1S/C17H20ClNO2/c1-3-16-14(5-7-20-16)15(19-2)10-12-9-13(18)8-11-4-6-21-17(11)12/h5,7-9,15,19H,3-4,6,10H2,1-2H3. The number of furan rings is 1. The second kappa shape index (κ2) is 6.12. The molecule has 0 saturated carbocycles. The van der Waals surface area contributed by atoms with Crippen molar-refractivity contribution in [2.75, 3.05) is 13.7 Å². The Hall–Kier alpha value is -1.45. The van der Waals surface area contributed by atoms with E-state index < -0.39 is 0 Å². The van der Waals surface area contributed by atoms with E-state index in [1.54, 1.807) is 6.26 Å². The van der Waals surface area contributed by atoms with Crippen molar-refractivity contribution in [1.82, 2.24) is 5.32 Å². The Bertz CT molecular complexity index is 636. The van der Waals surface area contributed by atoms with Crippen molar-refractivity contribution >= 4 is 11.6 Å². The average Bonchev–Trinajstić information content (AvgIpc) is 3.12. The third-order valence-corrected chi connectivity index (χ3v) is 4.29. The van der Waals surface area contributed by atoms with Crippen molar-refractivity contribution in [2.45, 2.75) is 32.2 Å². The maximum Gasteiger partial charge on any atom is 0.125 e. The number of nitrogens with one attached hydrogen (secondary N) is 1. The molecule has 21 heavy (non-hydrogen) atoms. The van der Waals surface area contributed by atoms with Crippen molar-refractivity contribution in [1.29, 1.82) is 0 Å². The molecule has 1 unspecified atom stereocenters. The van der Waals surface area contributed by atoms with Gasteiger partial charge in [0.25, 0.3) is 0 Å². The molecule has 1 atom stereocenters. The van der Waals surface area contributed by atoms with Gasteiger partial charge < -0.3 is 14.5 Å². The number of fused-ring (bicyclic) bond motifs is 1. The van der Waals surface area contributed by atoms with Gasteiger partial charge >= 0.3 is 0 Å². The molecule has 0 bridgehead atoms. The number of halogens is 1. The van der Waals surface area contributed by atoms with Gasteiger partial charge in [0, 0.05) is 29.5 Å². The lowest BCUT2D eigenvalue weighted by molar-refractivity contribution is 0.352. The molecule has 0 saturated heterocycles. The molecule has 1 aliphatic heterocycles. The van der Waals surface area contributed by atoms with Crippen LogP contribution in [0.2, 0.25) is 5.02 Å². The Morgan fingerprint density at radius 1 is 1.38 bits per heavy atom. The monoisotopic (exact) mass is 305 g/mol. The summed E-state index contributed by atoms with van der Waals surface area (Å²) in [5.41, 5.74) is 3.60. The molecule has 0 fully saturated rings. The minimum absolute atomic E-state index is 0.200. The van der Waals surface area contributed by atoms with Crippen LogP contribution in [0.5, 0.6) is 5.75 Å². The summed E-state index contributed by atoms with van der Waals surface area (Å²) in [5.74, 6) is 2.05. The first-order valence-corrected chi connectivity index (χ1v) is 7.78. The predicted molar refractivity (Wildman–Crippen MR) is 84.2 cm³/mol. The maximum absolute atomic E-state index is 6.24. The molecule has 1 aromatic heterocycles. The van der Waals surface area contributed by atoms with Gasteiger partial charge in [0.15, 0.2) is 0 Å². The van der Waals surface area contributed by atoms with E-state index in [9.17, 15) is 0 Å². The summed E-state index contributed by atoms with van der Waals surface area (Å²) in [6.07, 6.45) is 4.44. The molecule has 2 heterocycles. The molecule has 112 valence electrons. The number of aryl methyl sites for hydroxylation is 1. The highest BCUT2D eigenvalue weighted by Crippen LogP contribution is 2.35. The Kier molecular flexibility index (Phi) is 4.22. The van der Waals surface area contributed by atoms with E-state index >= 15 is 0 Å². The van der Waals surface area contributed by atoms with Crippen LogP contribution in [0.1, 0.15) is 35.4 Å². The Labute approximate surface area is 130 Å². The molecule has 2 aromatic rings. The molecule has 1 aliphatic rings. The fourth-order valence-electron chi connectivity index (χ4n) is 3.03. The van der Waals surface area contributed by atoms with Crippen molar-refractivity contribution in [2.24, 2.45) is 0 Å². The van der Waals surface area contributed by atoms with Gasteiger partial charge in [-0.1, -0.05) is 18.5 Å². The van der Waals surface area contributed by atoms with Crippen LogP contribution >= 0.6 is 11.6 Å². The van der Waals surface area contributed by atoms with Gasteiger partial charge in [-0.15, -0.1) is 0 Å². The first-order chi connectivity index (χ1) is 10.2. The van der Waals surface area contributed by atoms with E-state index in [0.29, 0.717) is 0 Å². The molecule has 3 rings (SSSR count). The molecule has 4 heteroatoms. The van der Waals surface area contributed by atoms with Gasteiger partial charge in [-0.05, 0) is 42.8 Å². The fraction of sp³-hybridized carbons (Fsp3) is 0.412. The van der Waals surface area contributed by atoms with Crippen LogP contribution in [-0.2, 0) is 19.3 Å². The molecule has 1 aromatic carbocycles. The first kappa shape index (κ1) is 14.5. The van der Waals surface area contributed by atoms with E-state index in [4.69, 9.17) is 20.8 Å². The summed E-state index contributed by atoms with van der Waals surface area (Å²) >= 11 is 6.24. The molecule has 0 amide bonds. The number of hydrogen-bond donors (Lipinski definition) is 1. The van der Waals surface area contributed by atoms with Crippen LogP contribution in [0.25, 0.3) is 0 Å². The van der Waals surface area contributed by atoms with Crippen LogP contribution in [0, 0.1) is 0 Å². The Morgan fingerprint density at radius 2 is 2.24 bits per heavy atom. The summed E-state index contributed by atoms with van der Waals surface area (Å²) in [6, 6.07) is 6.27. The van der Waals surface area contributed by atoms with Gasteiger partial charge in [-0.3, -0.25) is 0 Å². The Morgan fingerprint density at radius 3 is 3.00 bits per heavy atom. The van der Waals surface area contributed by atoms with Crippen molar-refractivity contribution < 1.29 is 9.15 Å². The summed E-state index contributed by atoms with van der Waals surface area (Å²) in [5, 5.41) is 4.16. The van der Waals surface area contributed by atoms with E-state index in [1.165, 1.54) is 11.1 Å². The number of ether oxygens (including phenoxy) is 1. The number of rotatable bonds is 5. The van der Waals surface area contributed by atoms with Crippen molar-refractivity contribution in [3.05, 3.63) is 51.9 Å². The lowest BCUT2D eigenvalue weighted by atomic mass is 9.96. The quantitative estimate of drug-likeness (QED) is 0.909. The highest BCUT2D eigenvalue weighted by atomic mass is 35.5. The SMILES string of the molecule is CCc1occc1C(Cc1cc(Cl)cc2c1OCC2)NC. The van der Waals surface area contributed by atoms with Crippen molar-refractivity contribution in [3.63, 3.8) is 0 Å². The highest BCUT2D eigenvalue weighted by Gasteiger charge is 2.22. The third-order valence-electron chi connectivity index (χ3n) is 4.07. The zero-order chi connectivity index (χ0) is 14.8. The molecular weight excluding hydrogens is 286 g/mol. The zero-order valence-corrected chi connectivity index (χ0v) is 13.2. The average molecular weight is 306 g/mol. The summed E-state index contributed by atoms with van der Waals surface area (Å²) in [7, 11) is 1.97. The van der Waals surface area contributed by atoms with Crippen LogP contribution < -0.4 is 10.1 Å². The molecule has 0 radical (unpaired) electrons. The molecule has 0 spiro atoms. The first-order valence-electron chi connectivity index (χ1n) is 7.40. The van der Waals surface area contributed by atoms with Gasteiger partial charge in [0.05, 0.1) is 12.9 Å². The number of hydrogen-bond acceptors (Lipinski definition) is 3. The lowest BCUT2D eigenvalue weighted by Gasteiger charge is -2.18. The van der Waals surface area contributed by atoms with E-state index in [2.05, 4.69) is 12.2 Å². The largest absolute Gasteiger partial charge is 0.493 e. The fourth-order valence-corrected chi connectivity index (χ4v) is 3.30. The van der Waals surface area contributed by atoms with Gasteiger partial charge in [-0.25, -0.2) is 0 Å². The molecule has 0 aliphatic carbocycles. The normalized spacial score (nSPS) is 14.8. The molecular formula is C17H20ClNO2. The van der Waals surface area contributed by atoms with E-state index in [-0.39, 0.29) is 6.04 Å². The van der Waals surface area contributed by atoms with E-state index in [0.717, 1.165) is 48.0 Å². The highest BCUT2D eigenvalue weighted by molar-refractivity contribution is 6.30. The van der Waals surface area contributed by atoms with Crippen LogP contribution in [0.3, 0.4) is 0 Å². The Balaban J connectivity index is 1.92. The predicted octanol–water partition coefficient (Wildman–Crippen LogP) is 3.93. The lowest BCUT2D eigenvalue weighted by Crippen LogP contribution is -2.19. The topological polar surface area (TPSA) is 34.4 Å². The van der Waals surface area contributed by atoms with Crippen LogP contribution in [-0.4, -0.2) is 13.7 Å².